The summed E-state index contributed by atoms with van der Waals surface area (Å²) in [5, 5.41) is 10.7. The lowest BCUT2D eigenvalue weighted by Gasteiger charge is -2.09. The smallest absolute Gasteiger partial charge is 0.269 e. The summed E-state index contributed by atoms with van der Waals surface area (Å²) < 4.78 is 5.64. The summed E-state index contributed by atoms with van der Waals surface area (Å²) in [5.74, 6) is 6.43. The van der Waals surface area contributed by atoms with Crippen molar-refractivity contribution in [3.8, 4) is 5.75 Å². The number of pyridine rings is 1. The van der Waals surface area contributed by atoms with Crippen LogP contribution in [-0.2, 0) is 6.61 Å². The Labute approximate surface area is 115 Å². The first-order chi connectivity index (χ1) is 9.60. The first kappa shape index (κ1) is 13.8. The van der Waals surface area contributed by atoms with Crippen molar-refractivity contribution >= 4 is 11.5 Å². The molecule has 0 fully saturated rings. The van der Waals surface area contributed by atoms with Crippen LogP contribution in [0.4, 0.5) is 11.5 Å². The highest BCUT2D eigenvalue weighted by atomic mass is 16.6. The zero-order chi connectivity index (χ0) is 14.5. The Morgan fingerprint density at radius 2 is 2.20 bits per heavy atom. The molecule has 20 heavy (non-hydrogen) atoms. The van der Waals surface area contributed by atoms with Crippen LogP contribution in [0, 0.1) is 17.0 Å². The number of nitro groups is 1. The Morgan fingerprint density at radius 3 is 2.85 bits per heavy atom. The van der Waals surface area contributed by atoms with E-state index in [2.05, 4.69) is 10.4 Å². The first-order valence-electron chi connectivity index (χ1n) is 5.89. The van der Waals surface area contributed by atoms with Crippen LogP contribution in [0.5, 0.6) is 5.75 Å². The minimum atomic E-state index is -0.432. The molecule has 0 saturated heterocycles. The number of hydrogen-bond donors (Lipinski definition) is 2. The average molecular weight is 274 g/mol. The number of anilines is 1. The number of benzene rings is 1. The molecule has 0 spiro atoms. The van der Waals surface area contributed by atoms with E-state index in [1.165, 1.54) is 12.1 Å². The zero-order valence-electron chi connectivity index (χ0n) is 10.9. The van der Waals surface area contributed by atoms with Gasteiger partial charge in [0.2, 0.25) is 0 Å². The summed E-state index contributed by atoms with van der Waals surface area (Å²) in [6.07, 6.45) is 1.62. The monoisotopic (exact) mass is 274 g/mol. The third-order valence-corrected chi connectivity index (χ3v) is 2.74. The molecule has 0 atom stereocenters. The molecule has 0 radical (unpaired) electrons. The molecule has 2 aromatic rings. The number of ether oxygens (including phenoxy) is 1. The van der Waals surface area contributed by atoms with Gasteiger partial charge in [0.25, 0.3) is 5.69 Å². The summed E-state index contributed by atoms with van der Waals surface area (Å²) in [4.78, 5) is 14.2. The molecule has 0 aliphatic carbocycles. The van der Waals surface area contributed by atoms with E-state index in [0.717, 1.165) is 5.56 Å². The second kappa shape index (κ2) is 5.98. The van der Waals surface area contributed by atoms with E-state index in [4.69, 9.17) is 10.6 Å². The van der Waals surface area contributed by atoms with Crippen molar-refractivity contribution in [3.05, 3.63) is 57.8 Å². The molecular formula is C13H14N4O3. The number of aryl methyl sites for hydroxylation is 1. The highest BCUT2D eigenvalue weighted by Gasteiger charge is 2.09. The number of non-ortho nitro benzene ring substituents is 1. The molecular weight excluding hydrogens is 260 g/mol. The van der Waals surface area contributed by atoms with Gasteiger partial charge in [-0.25, -0.2) is 10.8 Å². The maximum absolute atomic E-state index is 10.7. The molecule has 3 N–H and O–H groups in total. The van der Waals surface area contributed by atoms with Gasteiger partial charge in [-0.1, -0.05) is 0 Å². The number of hydrazine groups is 1. The van der Waals surface area contributed by atoms with E-state index in [0.29, 0.717) is 23.7 Å². The summed E-state index contributed by atoms with van der Waals surface area (Å²) in [7, 11) is 0. The van der Waals surface area contributed by atoms with Crippen LogP contribution in [0.15, 0.2) is 36.5 Å². The van der Waals surface area contributed by atoms with Crippen molar-refractivity contribution in [3.63, 3.8) is 0 Å². The van der Waals surface area contributed by atoms with Gasteiger partial charge in [-0.05, 0) is 36.2 Å². The molecule has 0 aliphatic rings. The van der Waals surface area contributed by atoms with Gasteiger partial charge in [0.15, 0.2) is 0 Å². The van der Waals surface area contributed by atoms with Crippen molar-refractivity contribution in [2.75, 3.05) is 5.43 Å². The summed E-state index contributed by atoms with van der Waals surface area (Å²) in [6, 6.07) is 8.07. The molecule has 104 valence electrons. The van der Waals surface area contributed by atoms with Gasteiger partial charge in [0.1, 0.15) is 18.2 Å². The molecule has 7 nitrogen and oxygen atoms in total. The molecule has 1 heterocycles. The Balaban J connectivity index is 2.08. The Hall–Kier alpha value is -2.67. The lowest BCUT2D eigenvalue weighted by atomic mass is 10.2. The summed E-state index contributed by atoms with van der Waals surface area (Å²) >= 11 is 0. The fourth-order valence-electron chi connectivity index (χ4n) is 1.71. The van der Waals surface area contributed by atoms with Gasteiger partial charge in [0.05, 0.1) is 4.92 Å². The topological polar surface area (TPSA) is 103 Å². The van der Waals surface area contributed by atoms with Crippen LogP contribution in [0.3, 0.4) is 0 Å². The van der Waals surface area contributed by atoms with E-state index in [1.807, 2.05) is 6.07 Å². The van der Waals surface area contributed by atoms with Crippen LogP contribution >= 0.6 is 0 Å². The van der Waals surface area contributed by atoms with Gasteiger partial charge in [0, 0.05) is 18.3 Å². The van der Waals surface area contributed by atoms with E-state index >= 15 is 0 Å². The molecule has 1 aromatic heterocycles. The molecule has 0 aliphatic heterocycles. The molecule has 0 saturated carbocycles. The van der Waals surface area contributed by atoms with Crippen molar-refractivity contribution < 1.29 is 9.66 Å². The second-order valence-corrected chi connectivity index (χ2v) is 4.19. The van der Waals surface area contributed by atoms with Gasteiger partial charge in [-0.3, -0.25) is 10.1 Å². The lowest BCUT2D eigenvalue weighted by Crippen LogP contribution is -2.09. The van der Waals surface area contributed by atoms with E-state index < -0.39 is 4.92 Å². The number of nitrogens with zero attached hydrogens (tertiary/aromatic N) is 2. The highest BCUT2D eigenvalue weighted by Crippen LogP contribution is 2.24. The van der Waals surface area contributed by atoms with Crippen molar-refractivity contribution in [1.29, 1.82) is 0 Å². The number of nitrogens with two attached hydrogens (primary N) is 1. The van der Waals surface area contributed by atoms with Gasteiger partial charge in [-0.2, -0.15) is 0 Å². The minimum Gasteiger partial charge on any atom is -0.489 e. The summed E-state index contributed by atoms with van der Waals surface area (Å²) in [6.45, 7) is 2.09. The first-order valence-corrected chi connectivity index (χ1v) is 5.89. The number of hydrogen-bond acceptors (Lipinski definition) is 6. The van der Waals surface area contributed by atoms with E-state index in [-0.39, 0.29) is 5.69 Å². The third-order valence-electron chi connectivity index (χ3n) is 2.74. The number of nitrogens with one attached hydrogen (secondary N) is 1. The van der Waals surface area contributed by atoms with Gasteiger partial charge >= 0.3 is 0 Å². The van der Waals surface area contributed by atoms with Gasteiger partial charge < -0.3 is 10.2 Å². The van der Waals surface area contributed by atoms with Crippen LogP contribution in [0.1, 0.15) is 11.1 Å². The second-order valence-electron chi connectivity index (χ2n) is 4.19. The quantitative estimate of drug-likeness (QED) is 0.492. The van der Waals surface area contributed by atoms with Crippen LogP contribution in [0.2, 0.25) is 0 Å². The van der Waals surface area contributed by atoms with Gasteiger partial charge in [-0.15, -0.1) is 0 Å². The maximum atomic E-state index is 10.7. The molecule has 0 unspecified atom stereocenters. The Kier molecular flexibility index (Phi) is 4.11. The average Bonchev–Trinajstić information content (AvgIpc) is 2.46. The summed E-state index contributed by atoms with van der Waals surface area (Å²) in [5.41, 5.74) is 4.11. The predicted molar refractivity (Wildman–Crippen MR) is 74.2 cm³/mol. The Bertz CT molecular complexity index is 631. The van der Waals surface area contributed by atoms with Crippen LogP contribution < -0.4 is 16.0 Å². The molecule has 7 heteroatoms. The fraction of sp³-hybridized carbons (Fsp3) is 0.154. The largest absolute Gasteiger partial charge is 0.489 e. The molecule has 0 amide bonds. The molecule has 1 aromatic carbocycles. The minimum absolute atomic E-state index is 0.0494. The molecule has 0 bridgehead atoms. The lowest BCUT2D eigenvalue weighted by molar-refractivity contribution is -0.384. The maximum Gasteiger partial charge on any atom is 0.269 e. The zero-order valence-corrected chi connectivity index (χ0v) is 10.9. The SMILES string of the molecule is Cc1cc([N+](=O)[O-])ccc1OCc1ccnc(NN)c1. The predicted octanol–water partition coefficient (Wildman–Crippen LogP) is 2.16. The van der Waals surface area contributed by atoms with Crippen LogP contribution in [-0.4, -0.2) is 9.91 Å². The van der Waals surface area contributed by atoms with Crippen molar-refractivity contribution in [2.45, 2.75) is 13.5 Å². The fourth-order valence-corrected chi connectivity index (χ4v) is 1.71. The standard InChI is InChI=1S/C13H14N4O3/c1-9-6-11(17(18)19)2-3-12(9)20-8-10-4-5-15-13(7-10)16-14/h2-7H,8,14H2,1H3,(H,15,16). The van der Waals surface area contributed by atoms with Crippen molar-refractivity contribution in [1.82, 2.24) is 4.98 Å². The number of nitrogen functional groups attached to an aromatic ring is 1. The number of nitro benzene ring substituents is 1. The van der Waals surface area contributed by atoms with E-state index in [9.17, 15) is 10.1 Å². The molecule has 2 rings (SSSR count). The van der Waals surface area contributed by atoms with Crippen molar-refractivity contribution in [2.24, 2.45) is 5.84 Å². The Morgan fingerprint density at radius 1 is 1.40 bits per heavy atom. The normalized spacial score (nSPS) is 10.1. The third kappa shape index (κ3) is 3.21. The highest BCUT2D eigenvalue weighted by molar-refractivity contribution is 5.43. The van der Waals surface area contributed by atoms with E-state index in [1.54, 1.807) is 25.3 Å². The van der Waals surface area contributed by atoms with Crippen LogP contribution in [0.25, 0.3) is 0 Å². The number of rotatable bonds is 5. The number of aromatic nitrogens is 1.